The number of aryl methyl sites for hydroxylation is 1. The molecule has 2 unspecified atom stereocenters. The minimum atomic E-state index is -0.462. The SMILES string of the molecule is Cc1cc(N2C(=O)C3CC=CCC3C2=O)ccc1OC(=O)/C=C/c1ccc(C2CCC(C3CCC(C)CC3)CC2)cc1. The fourth-order valence-corrected chi connectivity index (χ4v) is 7.81. The first-order valence-corrected chi connectivity index (χ1v) is 16.0. The van der Waals surface area contributed by atoms with Crippen molar-refractivity contribution < 1.29 is 19.1 Å². The van der Waals surface area contributed by atoms with Crippen LogP contribution in [0.5, 0.6) is 5.75 Å². The number of esters is 1. The van der Waals surface area contributed by atoms with E-state index in [0.29, 0.717) is 35.8 Å². The van der Waals surface area contributed by atoms with Crippen LogP contribution in [-0.4, -0.2) is 17.8 Å². The van der Waals surface area contributed by atoms with Crippen molar-refractivity contribution >= 4 is 29.5 Å². The predicted molar refractivity (Wildman–Crippen MR) is 166 cm³/mol. The van der Waals surface area contributed by atoms with E-state index in [1.54, 1.807) is 24.3 Å². The molecular weight excluding hydrogens is 522 g/mol. The molecule has 0 bridgehead atoms. The van der Waals surface area contributed by atoms with Gasteiger partial charge in [0.15, 0.2) is 0 Å². The summed E-state index contributed by atoms with van der Waals surface area (Å²) in [6.07, 6.45) is 19.4. The van der Waals surface area contributed by atoms with Gasteiger partial charge in [-0.1, -0.05) is 56.2 Å². The Kier molecular flexibility index (Phi) is 8.46. The molecule has 5 heteroatoms. The third-order valence-electron chi connectivity index (χ3n) is 10.5. The number of benzene rings is 2. The zero-order valence-corrected chi connectivity index (χ0v) is 25.0. The van der Waals surface area contributed by atoms with Crippen molar-refractivity contribution in [3.05, 3.63) is 77.4 Å². The molecule has 3 fully saturated rings. The highest BCUT2D eigenvalue weighted by Crippen LogP contribution is 2.44. The smallest absolute Gasteiger partial charge is 0.336 e. The first-order chi connectivity index (χ1) is 20.4. The maximum atomic E-state index is 12.9. The molecule has 1 aliphatic heterocycles. The Labute approximate surface area is 250 Å². The quantitative estimate of drug-likeness (QED) is 0.117. The zero-order chi connectivity index (χ0) is 29.2. The van der Waals surface area contributed by atoms with E-state index < -0.39 is 5.97 Å². The summed E-state index contributed by atoms with van der Waals surface area (Å²) in [4.78, 5) is 39.7. The zero-order valence-electron chi connectivity index (χ0n) is 25.0. The van der Waals surface area contributed by atoms with Crippen LogP contribution in [0, 0.1) is 36.5 Å². The van der Waals surface area contributed by atoms with E-state index in [4.69, 9.17) is 4.74 Å². The molecule has 2 aromatic rings. The van der Waals surface area contributed by atoms with Crippen LogP contribution in [0.1, 0.15) is 93.7 Å². The molecule has 5 nitrogen and oxygen atoms in total. The molecule has 2 aromatic carbocycles. The van der Waals surface area contributed by atoms with E-state index >= 15 is 0 Å². The van der Waals surface area contributed by atoms with Crippen LogP contribution in [0.3, 0.4) is 0 Å². The van der Waals surface area contributed by atoms with Gasteiger partial charge in [-0.15, -0.1) is 0 Å². The number of amides is 2. The van der Waals surface area contributed by atoms with Crippen molar-refractivity contribution in [1.82, 2.24) is 0 Å². The molecule has 0 spiro atoms. The summed E-state index contributed by atoms with van der Waals surface area (Å²) in [5.41, 5.74) is 3.60. The van der Waals surface area contributed by atoms with Gasteiger partial charge in [0.1, 0.15) is 5.75 Å². The Balaban J connectivity index is 1.01. The van der Waals surface area contributed by atoms with Gasteiger partial charge in [0.25, 0.3) is 0 Å². The van der Waals surface area contributed by atoms with Crippen molar-refractivity contribution in [3.63, 3.8) is 0 Å². The normalized spacial score (nSPS) is 29.6. The number of carbonyl (C=O) groups excluding carboxylic acids is 3. The average molecular weight is 566 g/mol. The van der Waals surface area contributed by atoms with E-state index in [9.17, 15) is 14.4 Å². The number of fused-ring (bicyclic) bond motifs is 1. The lowest BCUT2D eigenvalue weighted by molar-refractivity contribution is -0.129. The molecule has 3 aliphatic carbocycles. The second-order valence-corrected chi connectivity index (χ2v) is 13.2. The lowest BCUT2D eigenvalue weighted by atomic mass is 9.68. The molecule has 0 radical (unpaired) electrons. The van der Waals surface area contributed by atoms with Crippen molar-refractivity contribution in [3.8, 4) is 5.75 Å². The average Bonchev–Trinajstić information content (AvgIpc) is 3.27. The molecule has 2 atom stereocenters. The third kappa shape index (κ3) is 6.02. The highest BCUT2D eigenvalue weighted by Gasteiger charge is 2.47. The largest absolute Gasteiger partial charge is 0.423 e. The van der Waals surface area contributed by atoms with Crippen molar-refractivity contribution in [1.29, 1.82) is 0 Å². The van der Waals surface area contributed by atoms with Crippen LogP contribution in [0.15, 0.2) is 60.7 Å². The van der Waals surface area contributed by atoms with Gasteiger partial charge in [-0.05, 0) is 123 Å². The number of ether oxygens (including phenoxy) is 1. The summed E-state index contributed by atoms with van der Waals surface area (Å²) in [6, 6.07) is 13.7. The minimum Gasteiger partial charge on any atom is -0.423 e. The number of nitrogens with zero attached hydrogens (tertiary/aromatic N) is 1. The Hall–Kier alpha value is -3.47. The van der Waals surface area contributed by atoms with Crippen LogP contribution in [0.2, 0.25) is 0 Å². The standard InChI is InChI=1S/C37H43NO4/c1-24-7-12-27(13-8-24)29-16-18-30(19-17-29)28-14-9-26(10-15-28)11-22-35(39)42-34-21-20-31(23-25(34)2)38-36(40)32-5-3-4-6-33(32)37(38)41/h3-4,9-11,14-15,20-24,27,29-30,32-33H,5-8,12-13,16-19H2,1-2H3/b22-11+. The summed E-state index contributed by atoms with van der Waals surface area (Å²) in [5, 5.41) is 0. The maximum Gasteiger partial charge on any atom is 0.336 e. The van der Waals surface area contributed by atoms with E-state index in [1.165, 1.54) is 67.9 Å². The van der Waals surface area contributed by atoms with Gasteiger partial charge in [0.05, 0.1) is 17.5 Å². The number of rotatable bonds is 6. The number of hydrogen-bond acceptors (Lipinski definition) is 4. The molecule has 2 amide bonds. The topological polar surface area (TPSA) is 63.7 Å². The van der Waals surface area contributed by atoms with Crippen LogP contribution in [0.4, 0.5) is 5.69 Å². The molecule has 42 heavy (non-hydrogen) atoms. The van der Waals surface area contributed by atoms with Gasteiger partial charge in [0, 0.05) is 6.08 Å². The van der Waals surface area contributed by atoms with Crippen molar-refractivity contribution in [2.75, 3.05) is 4.90 Å². The minimum absolute atomic E-state index is 0.144. The summed E-state index contributed by atoms with van der Waals surface area (Å²) >= 11 is 0. The highest BCUT2D eigenvalue weighted by atomic mass is 16.5. The van der Waals surface area contributed by atoms with Gasteiger partial charge in [-0.25, -0.2) is 4.79 Å². The third-order valence-corrected chi connectivity index (χ3v) is 10.5. The van der Waals surface area contributed by atoms with E-state index in [1.807, 2.05) is 19.1 Å². The van der Waals surface area contributed by atoms with Crippen LogP contribution < -0.4 is 9.64 Å². The molecule has 0 aromatic heterocycles. The Morgan fingerprint density at radius 2 is 1.40 bits per heavy atom. The lowest BCUT2D eigenvalue weighted by Gasteiger charge is -2.37. The summed E-state index contributed by atoms with van der Waals surface area (Å²) in [7, 11) is 0. The van der Waals surface area contributed by atoms with Crippen LogP contribution >= 0.6 is 0 Å². The highest BCUT2D eigenvalue weighted by molar-refractivity contribution is 6.22. The monoisotopic (exact) mass is 565 g/mol. The molecule has 1 saturated heterocycles. The Morgan fingerprint density at radius 3 is 2.00 bits per heavy atom. The number of imide groups is 1. The second-order valence-electron chi connectivity index (χ2n) is 13.2. The van der Waals surface area contributed by atoms with Crippen molar-refractivity contribution in [2.24, 2.45) is 29.6 Å². The summed E-state index contributed by atoms with van der Waals surface area (Å²) < 4.78 is 5.59. The Bertz CT molecular complexity index is 1350. The molecule has 2 saturated carbocycles. The van der Waals surface area contributed by atoms with E-state index in [2.05, 4.69) is 31.2 Å². The molecule has 4 aliphatic rings. The number of allylic oxidation sites excluding steroid dienone is 2. The van der Waals surface area contributed by atoms with Crippen molar-refractivity contribution in [2.45, 2.75) is 84.0 Å². The van der Waals surface area contributed by atoms with E-state index in [-0.39, 0.29) is 23.7 Å². The van der Waals surface area contributed by atoms with Crippen LogP contribution in [0.25, 0.3) is 6.08 Å². The maximum absolute atomic E-state index is 12.9. The van der Waals surface area contributed by atoms with Gasteiger partial charge in [0.2, 0.25) is 11.8 Å². The van der Waals surface area contributed by atoms with Crippen LogP contribution in [-0.2, 0) is 14.4 Å². The molecule has 220 valence electrons. The Morgan fingerprint density at radius 1 is 0.810 bits per heavy atom. The molecule has 1 heterocycles. The summed E-state index contributed by atoms with van der Waals surface area (Å²) in [6.45, 7) is 4.22. The molecular formula is C37H43NO4. The number of hydrogen-bond donors (Lipinski definition) is 0. The number of carbonyl (C=O) groups is 3. The van der Waals surface area contributed by atoms with Gasteiger partial charge < -0.3 is 4.74 Å². The first-order valence-electron chi connectivity index (χ1n) is 16.0. The molecule has 0 N–H and O–H groups in total. The van der Waals surface area contributed by atoms with Gasteiger partial charge in [-0.2, -0.15) is 0 Å². The number of anilines is 1. The van der Waals surface area contributed by atoms with Gasteiger partial charge in [-0.3, -0.25) is 14.5 Å². The second kappa shape index (κ2) is 12.4. The molecule has 6 rings (SSSR count). The predicted octanol–water partition coefficient (Wildman–Crippen LogP) is 8.17. The fourth-order valence-electron chi connectivity index (χ4n) is 7.81. The fraction of sp³-hybridized carbons (Fsp3) is 0.486. The summed E-state index contributed by atoms with van der Waals surface area (Å²) in [5.74, 6) is 2.57. The van der Waals surface area contributed by atoms with E-state index in [0.717, 1.165) is 23.3 Å². The lowest BCUT2D eigenvalue weighted by Crippen LogP contribution is -2.30. The van der Waals surface area contributed by atoms with Gasteiger partial charge >= 0.3 is 5.97 Å². The first kappa shape index (κ1) is 28.6.